The van der Waals surface area contributed by atoms with Crippen LogP contribution >= 0.6 is 11.3 Å². The van der Waals surface area contributed by atoms with Gasteiger partial charge in [-0.15, -0.1) is 11.3 Å². The quantitative estimate of drug-likeness (QED) is 0.542. The third-order valence-electron chi connectivity index (χ3n) is 5.42. The summed E-state index contributed by atoms with van der Waals surface area (Å²) in [5.74, 6) is -1.13. The van der Waals surface area contributed by atoms with Gasteiger partial charge in [0.2, 0.25) is 5.91 Å². The number of esters is 1. The minimum atomic E-state index is -3.49. The smallest absolute Gasteiger partial charge is 0.410 e. The first-order chi connectivity index (χ1) is 16.2. The number of carbonyl (C=O) groups is 3. The number of fused-ring (bicyclic) bond motifs is 1. The molecule has 34 heavy (non-hydrogen) atoms. The van der Waals surface area contributed by atoms with Crippen LogP contribution in [0.5, 0.6) is 0 Å². The highest BCUT2D eigenvalue weighted by atomic mass is 32.2. The van der Waals surface area contributed by atoms with Gasteiger partial charge in [0.1, 0.15) is 5.00 Å². The van der Waals surface area contributed by atoms with E-state index in [1.807, 2.05) is 6.92 Å². The number of nitrogens with one attached hydrogen (secondary N) is 1. The molecule has 1 aromatic heterocycles. The first-order valence-corrected chi connectivity index (χ1v) is 13.4. The molecule has 2 aromatic rings. The number of benzene rings is 1. The van der Waals surface area contributed by atoms with Crippen LogP contribution in [0, 0.1) is 6.92 Å². The largest absolute Gasteiger partial charge is 0.465 e. The summed E-state index contributed by atoms with van der Waals surface area (Å²) >= 11 is 1.21. The van der Waals surface area contributed by atoms with Crippen LogP contribution in [0.3, 0.4) is 0 Å². The van der Waals surface area contributed by atoms with E-state index in [4.69, 9.17) is 9.47 Å². The van der Waals surface area contributed by atoms with Crippen molar-refractivity contribution >= 4 is 44.1 Å². The van der Waals surface area contributed by atoms with Gasteiger partial charge in [0.25, 0.3) is 0 Å². The Kier molecular flexibility index (Phi) is 8.32. The highest BCUT2D eigenvalue weighted by Crippen LogP contribution is 2.38. The molecule has 0 aliphatic carbocycles. The van der Waals surface area contributed by atoms with Crippen molar-refractivity contribution < 1.29 is 32.3 Å². The van der Waals surface area contributed by atoms with Crippen LogP contribution in [-0.2, 0) is 37.1 Å². The molecule has 0 bridgehead atoms. The zero-order valence-electron chi connectivity index (χ0n) is 19.4. The predicted octanol–water partition coefficient (Wildman–Crippen LogP) is 3.55. The van der Waals surface area contributed by atoms with Gasteiger partial charge in [-0.3, -0.25) is 4.79 Å². The molecule has 1 N–H and O–H groups in total. The van der Waals surface area contributed by atoms with Gasteiger partial charge in [-0.05, 0) is 44.4 Å². The first kappa shape index (κ1) is 25.7. The molecule has 1 aliphatic heterocycles. The highest BCUT2D eigenvalue weighted by Gasteiger charge is 2.31. The number of rotatable bonds is 8. The standard InChI is InChI=1S/C23H28N2O7S2/c1-4-32-23(28)25-12-11-17-18(14-25)33-21(20(17)22(27)31-3)24-19(26)6-5-13-34(29,30)16-9-7-15(2)8-10-16/h7-10H,4-6,11-14H2,1-3H3,(H,24,26). The van der Waals surface area contributed by atoms with Crippen LogP contribution in [0.1, 0.15) is 46.1 Å². The number of carbonyl (C=O) groups excluding carboxylic acids is 3. The van der Waals surface area contributed by atoms with Crippen molar-refractivity contribution in [1.29, 1.82) is 0 Å². The van der Waals surface area contributed by atoms with Gasteiger partial charge in [-0.1, -0.05) is 17.7 Å². The summed E-state index contributed by atoms with van der Waals surface area (Å²) in [6.45, 7) is 4.53. The number of ether oxygens (including phenoxy) is 2. The summed E-state index contributed by atoms with van der Waals surface area (Å²) in [7, 11) is -2.23. The molecule has 0 saturated carbocycles. The average Bonchev–Trinajstić information content (AvgIpc) is 3.15. The maximum absolute atomic E-state index is 12.6. The van der Waals surface area contributed by atoms with Gasteiger partial charge in [0.15, 0.2) is 9.84 Å². The average molecular weight is 509 g/mol. The first-order valence-electron chi connectivity index (χ1n) is 10.9. The van der Waals surface area contributed by atoms with Crippen molar-refractivity contribution in [1.82, 2.24) is 4.90 Å². The summed E-state index contributed by atoms with van der Waals surface area (Å²) in [5.41, 5.74) is 1.99. The Labute approximate surface area is 203 Å². The van der Waals surface area contributed by atoms with Gasteiger partial charge in [0, 0.05) is 17.8 Å². The molecule has 2 heterocycles. The second kappa shape index (κ2) is 11.0. The normalized spacial score (nSPS) is 13.2. The van der Waals surface area contributed by atoms with E-state index in [1.165, 1.54) is 18.4 Å². The topological polar surface area (TPSA) is 119 Å². The molecule has 9 nitrogen and oxygen atoms in total. The molecule has 3 rings (SSSR count). The monoisotopic (exact) mass is 508 g/mol. The number of thiophene rings is 1. The summed E-state index contributed by atoms with van der Waals surface area (Å²) in [5, 5.41) is 3.08. The van der Waals surface area contributed by atoms with Crippen molar-refractivity contribution in [2.24, 2.45) is 0 Å². The maximum Gasteiger partial charge on any atom is 0.410 e. The van der Waals surface area contributed by atoms with Crippen LogP contribution in [0.2, 0.25) is 0 Å². The van der Waals surface area contributed by atoms with Crippen molar-refractivity contribution in [3.63, 3.8) is 0 Å². The van der Waals surface area contributed by atoms with Gasteiger partial charge in [-0.25, -0.2) is 18.0 Å². The lowest BCUT2D eigenvalue weighted by atomic mass is 10.0. The molecule has 0 saturated heterocycles. The fourth-order valence-electron chi connectivity index (χ4n) is 3.66. The lowest BCUT2D eigenvalue weighted by Crippen LogP contribution is -2.36. The second-order valence-electron chi connectivity index (χ2n) is 7.85. The van der Waals surface area contributed by atoms with Crippen LogP contribution < -0.4 is 5.32 Å². The van der Waals surface area contributed by atoms with Crippen molar-refractivity contribution in [2.45, 2.75) is 44.6 Å². The summed E-state index contributed by atoms with van der Waals surface area (Å²) in [6, 6.07) is 6.58. The van der Waals surface area contributed by atoms with Gasteiger partial charge in [0.05, 0.1) is 36.5 Å². The van der Waals surface area contributed by atoms with E-state index >= 15 is 0 Å². The molecule has 0 fully saturated rings. The zero-order chi connectivity index (χ0) is 24.9. The van der Waals surface area contributed by atoms with Crippen LogP contribution in [-0.4, -0.2) is 57.3 Å². The van der Waals surface area contributed by atoms with E-state index in [9.17, 15) is 22.8 Å². The summed E-state index contributed by atoms with van der Waals surface area (Å²) in [6.07, 6.45) is 0.113. The highest BCUT2D eigenvalue weighted by molar-refractivity contribution is 7.91. The van der Waals surface area contributed by atoms with E-state index < -0.39 is 27.8 Å². The van der Waals surface area contributed by atoms with E-state index in [1.54, 1.807) is 36.1 Å². The third-order valence-corrected chi connectivity index (χ3v) is 8.37. The maximum atomic E-state index is 12.6. The Hall–Kier alpha value is -2.92. The SMILES string of the molecule is CCOC(=O)N1CCc2c(sc(NC(=O)CCCS(=O)(=O)c3ccc(C)cc3)c2C(=O)OC)C1. The van der Waals surface area contributed by atoms with Crippen molar-refractivity contribution in [3.05, 3.63) is 45.8 Å². The molecule has 0 spiro atoms. The fourth-order valence-corrected chi connectivity index (χ4v) is 6.23. The number of anilines is 1. The number of sulfone groups is 1. The minimum absolute atomic E-state index is 0.0246. The Bertz CT molecular complexity index is 1170. The Morgan fingerprint density at radius 3 is 2.53 bits per heavy atom. The lowest BCUT2D eigenvalue weighted by molar-refractivity contribution is -0.116. The Morgan fingerprint density at radius 1 is 1.18 bits per heavy atom. The number of hydrogen-bond acceptors (Lipinski definition) is 8. The lowest BCUT2D eigenvalue weighted by Gasteiger charge is -2.26. The molecule has 1 aliphatic rings. The fraction of sp³-hybridized carbons (Fsp3) is 0.435. The minimum Gasteiger partial charge on any atom is -0.465 e. The number of nitrogens with zero attached hydrogens (tertiary/aromatic N) is 1. The van der Waals surface area contributed by atoms with Gasteiger partial charge >= 0.3 is 12.1 Å². The van der Waals surface area contributed by atoms with Gasteiger partial charge < -0.3 is 19.7 Å². The van der Waals surface area contributed by atoms with Crippen LogP contribution in [0.15, 0.2) is 29.2 Å². The summed E-state index contributed by atoms with van der Waals surface area (Å²) in [4.78, 5) is 39.6. The van der Waals surface area contributed by atoms with E-state index in [2.05, 4.69) is 5.32 Å². The Morgan fingerprint density at radius 2 is 1.88 bits per heavy atom. The van der Waals surface area contributed by atoms with Crippen molar-refractivity contribution in [3.8, 4) is 0 Å². The number of methoxy groups -OCH3 is 1. The molecule has 1 aromatic carbocycles. The van der Waals surface area contributed by atoms with E-state index in [-0.39, 0.29) is 42.2 Å². The van der Waals surface area contributed by atoms with Crippen LogP contribution in [0.4, 0.5) is 9.80 Å². The molecule has 0 unspecified atom stereocenters. The van der Waals surface area contributed by atoms with Crippen LogP contribution in [0.25, 0.3) is 0 Å². The molecule has 0 atom stereocenters. The summed E-state index contributed by atoms with van der Waals surface area (Å²) < 4.78 is 35.0. The molecule has 184 valence electrons. The number of hydrogen-bond donors (Lipinski definition) is 1. The third kappa shape index (κ3) is 5.95. The molecule has 11 heteroatoms. The predicted molar refractivity (Wildman–Crippen MR) is 128 cm³/mol. The van der Waals surface area contributed by atoms with Crippen molar-refractivity contribution in [2.75, 3.05) is 31.3 Å². The zero-order valence-corrected chi connectivity index (χ0v) is 21.0. The molecular weight excluding hydrogens is 480 g/mol. The molecule has 2 amide bonds. The Balaban J connectivity index is 1.67. The number of aryl methyl sites for hydroxylation is 1. The molecular formula is C23H28N2O7S2. The second-order valence-corrected chi connectivity index (χ2v) is 11.1. The van der Waals surface area contributed by atoms with Gasteiger partial charge in [-0.2, -0.15) is 0 Å². The van der Waals surface area contributed by atoms with E-state index in [0.29, 0.717) is 18.0 Å². The van der Waals surface area contributed by atoms with E-state index in [0.717, 1.165) is 16.0 Å². The number of amides is 2. The molecule has 0 radical (unpaired) electrons.